The van der Waals surface area contributed by atoms with Crippen LogP contribution in [0.2, 0.25) is 0 Å². The van der Waals surface area contributed by atoms with Crippen molar-refractivity contribution in [1.82, 2.24) is 4.90 Å². The van der Waals surface area contributed by atoms with Crippen molar-refractivity contribution >= 4 is 0 Å². The molecule has 1 fully saturated rings. The van der Waals surface area contributed by atoms with E-state index in [9.17, 15) is 0 Å². The van der Waals surface area contributed by atoms with Gasteiger partial charge in [-0.15, -0.1) is 0 Å². The maximum atomic E-state index is 2.69. The molecule has 2 unspecified atom stereocenters. The second kappa shape index (κ2) is 3.52. The lowest BCUT2D eigenvalue weighted by molar-refractivity contribution is 0.0424. The Morgan fingerprint density at radius 2 is 1.50 bits per heavy atom. The molecule has 1 aliphatic rings. The Morgan fingerprint density at radius 1 is 1.00 bits per heavy atom. The topological polar surface area (TPSA) is 3.24 Å². The molecule has 0 spiro atoms. The molecular formula is C13H27N. The van der Waals surface area contributed by atoms with Crippen LogP contribution in [0.5, 0.6) is 0 Å². The number of hydrogen-bond acceptors (Lipinski definition) is 1. The van der Waals surface area contributed by atoms with Crippen LogP contribution in [-0.2, 0) is 0 Å². The van der Waals surface area contributed by atoms with Crippen molar-refractivity contribution in [1.29, 1.82) is 0 Å². The zero-order chi connectivity index (χ0) is 11.1. The van der Waals surface area contributed by atoms with E-state index in [1.54, 1.807) is 0 Å². The molecular weight excluding hydrogens is 170 g/mol. The van der Waals surface area contributed by atoms with Crippen LogP contribution in [0.4, 0.5) is 0 Å². The quantitative estimate of drug-likeness (QED) is 0.574. The van der Waals surface area contributed by atoms with Crippen LogP contribution in [-0.4, -0.2) is 23.0 Å². The van der Waals surface area contributed by atoms with Crippen LogP contribution in [0.15, 0.2) is 0 Å². The van der Waals surface area contributed by atoms with E-state index in [-0.39, 0.29) is 0 Å². The van der Waals surface area contributed by atoms with Crippen molar-refractivity contribution in [2.45, 2.75) is 66.5 Å². The van der Waals surface area contributed by atoms with Crippen molar-refractivity contribution in [3.8, 4) is 0 Å². The predicted molar refractivity (Wildman–Crippen MR) is 63.5 cm³/mol. The van der Waals surface area contributed by atoms with Crippen LogP contribution in [0.3, 0.4) is 0 Å². The van der Waals surface area contributed by atoms with Gasteiger partial charge in [0.2, 0.25) is 0 Å². The summed E-state index contributed by atoms with van der Waals surface area (Å²) in [4.78, 5) is 2.69. The molecule has 0 N–H and O–H groups in total. The zero-order valence-corrected chi connectivity index (χ0v) is 11.0. The Kier molecular flexibility index (Phi) is 3.02. The second-order valence-corrected chi connectivity index (χ2v) is 6.94. The lowest BCUT2D eigenvalue weighted by Gasteiger charge is -2.44. The zero-order valence-electron chi connectivity index (χ0n) is 11.0. The Balaban J connectivity index is 2.88. The molecule has 1 saturated heterocycles. The Bertz CT molecular complexity index is 194. The van der Waals surface area contributed by atoms with E-state index in [2.05, 4.69) is 53.4 Å². The molecule has 0 aromatic carbocycles. The van der Waals surface area contributed by atoms with Crippen molar-refractivity contribution in [2.75, 3.05) is 6.54 Å². The van der Waals surface area contributed by atoms with Gasteiger partial charge in [0.15, 0.2) is 0 Å². The molecule has 0 saturated carbocycles. The van der Waals surface area contributed by atoms with Gasteiger partial charge in [-0.1, -0.05) is 27.7 Å². The van der Waals surface area contributed by atoms with E-state index in [1.807, 2.05) is 0 Å². The van der Waals surface area contributed by atoms with E-state index >= 15 is 0 Å². The Hall–Kier alpha value is -0.0400. The minimum absolute atomic E-state index is 0.322. The van der Waals surface area contributed by atoms with E-state index in [1.165, 1.54) is 13.0 Å². The summed E-state index contributed by atoms with van der Waals surface area (Å²) in [6.07, 6.45) is 1.36. The molecule has 1 aliphatic heterocycles. The van der Waals surface area contributed by atoms with Crippen LogP contribution in [0.25, 0.3) is 0 Å². The summed E-state index contributed by atoms with van der Waals surface area (Å²) in [5.74, 6) is 0.842. The van der Waals surface area contributed by atoms with E-state index in [0.717, 1.165) is 12.0 Å². The molecule has 0 aliphatic carbocycles. The van der Waals surface area contributed by atoms with Gasteiger partial charge >= 0.3 is 0 Å². The average molecular weight is 197 g/mol. The van der Waals surface area contributed by atoms with Crippen molar-refractivity contribution in [2.24, 2.45) is 11.3 Å². The van der Waals surface area contributed by atoms with Crippen molar-refractivity contribution in [3.63, 3.8) is 0 Å². The molecule has 0 radical (unpaired) electrons. The van der Waals surface area contributed by atoms with Gasteiger partial charge in [-0.25, -0.2) is 0 Å². The SMILES string of the molecule is CC1CCN(C(C)(C)C)C1C(C)(C)C. The summed E-state index contributed by atoms with van der Waals surface area (Å²) in [6.45, 7) is 17.8. The fourth-order valence-corrected chi connectivity index (χ4v) is 3.02. The molecule has 0 aromatic rings. The minimum Gasteiger partial charge on any atom is -0.295 e. The molecule has 0 amide bonds. The third-order valence-electron chi connectivity index (χ3n) is 3.45. The summed E-state index contributed by atoms with van der Waals surface area (Å²) in [5, 5.41) is 0. The second-order valence-electron chi connectivity index (χ2n) is 6.94. The lowest BCUT2D eigenvalue weighted by atomic mass is 9.79. The third kappa shape index (κ3) is 2.31. The summed E-state index contributed by atoms with van der Waals surface area (Å²) in [6, 6.07) is 0.738. The van der Waals surface area contributed by atoms with Gasteiger partial charge in [-0.2, -0.15) is 0 Å². The lowest BCUT2D eigenvalue weighted by Crippen LogP contribution is -2.51. The fourth-order valence-electron chi connectivity index (χ4n) is 3.02. The van der Waals surface area contributed by atoms with Gasteiger partial charge in [0, 0.05) is 11.6 Å². The van der Waals surface area contributed by atoms with Gasteiger partial charge in [0.05, 0.1) is 0 Å². The molecule has 14 heavy (non-hydrogen) atoms. The molecule has 0 aromatic heterocycles. The van der Waals surface area contributed by atoms with Gasteiger partial charge in [0.25, 0.3) is 0 Å². The maximum Gasteiger partial charge on any atom is 0.0175 e. The first-order valence-electron chi connectivity index (χ1n) is 5.91. The van der Waals surface area contributed by atoms with Crippen molar-refractivity contribution < 1.29 is 0 Å². The first-order chi connectivity index (χ1) is 6.14. The highest BCUT2D eigenvalue weighted by Gasteiger charge is 2.43. The summed E-state index contributed by atoms with van der Waals surface area (Å²) in [7, 11) is 0. The number of rotatable bonds is 0. The van der Waals surface area contributed by atoms with E-state index in [0.29, 0.717) is 11.0 Å². The average Bonchev–Trinajstić information content (AvgIpc) is 2.27. The molecule has 1 heterocycles. The minimum atomic E-state index is 0.322. The molecule has 1 rings (SSSR count). The van der Waals surface area contributed by atoms with Gasteiger partial charge in [-0.3, -0.25) is 4.90 Å². The summed E-state index contributed by atoms with van der Waals surface area (Å²) >= 11 is 0. The van der Waals surface area contributed by atoms with Crippen molar-refractivity contribution in [3.05, 3.63) is 0 Å². The molecule has 0 bridgehead atoms. The highest BCUT2D eigenvalue weighted by atomic mass is 15.2. The van der Waals surface area contributed by atoms with Crippen LogP contribution in [0.1, 0.15) is 54.9 Å². The van der Waals surface area contributed by atoms with E-state index in [4.69, 9.17) is 0 Å². The highest BCUT2D eigenvalue weighted by molar-refractivity contribution is 4.97. The van der Waals surface area contributed by atoms with Crippen LogP contribution in [0, 0.1) is 11.3 Å². The Morgan fingerprint density at radius 3 is 1.79 bits per heavy atom. The predicted octanol–water partition coefficient (Wildman–Crippen LogP) is 3.54. The summed E-state index contributed by atoms with van der Waals surface area (Å²) < 4.78 is 0. The highest BCUT2D eigenvalue weighted by Crippen LogP contribution is 2.40. The smallest absolute Gasteiger partial charge is 0.0175 e. The van der Waals surface area contributed by atoms with E-state index < -0.39 is 0 Å². The first kappa shape index (κ1) is 12.0. The summed E-state index contributed by atoms with van der Waals surface area (Å²) in [5.41, 5.74) is 0.728. The number of likely N-dealkylation sites (tertiary alicyclic amines) is 1. The normalized spacial score (nSPS) is 31.1. The van der Waals surface area contributed by atoms with Crippen LogP contribution < -0.4 is 0 Å². The largest absolute Gasteiger partial charge is 0.295 e. The monoisotopic (exact) mass is 197 g/mol. The number of hydrogen-bond donors (Lipinski definition) is 0. The molecule has 1 nitrogen and oxygen atoms in total. The Labute approximate surface area is 89.9 Å². The van der Waals surface area contributed by atoms with Gasteiger partial charge < -0.3 is 0 Å². The maximum absolute atomic E-state index is 2.69. The molecule has 1 heteroatoms. The molecule has 84 valence electrons. The first-order valence-corrected chi connectivity index (χ1v) is 5.91. The van der Waals surface area contributed by atoms with Crippen LogP contribution >= 0.6 is 0 Å². The standard InChI is InChI=1S/C13H27N/c1-10-8-9-14(13(5,6)7)11(10)12(2,3)4/h10-11H,8-9H2,1-7H3. The fraction of sp³-hybridized carbons (Fsp3) is 1.00. The number of nitrogens with zero attached hydrogens (tertiary/aromatic N) is 1. The van der Waals surface area contributed by atoms with Gasteiger partial charge in [-0.05, 0) is 45.1 Å². The molecule has 2 atom stereocenters. The third-order valence-corrected chi connectivity index (χ3v) is 3.45. The van der Waals surface area contributed by atoms with Gasteiger partial charge in [0.1, 0.15) is 0 Å².